The lowest BCUT2D eigenvalue weighted by atomic mass is 9.94. The Morgan fingerprint density at radius 3 is 2.61 bits per heavy atom. The Balaban J connectivity index is 1.86. The van der Waals surface area contributed by atoms with Gasteiger partial charge in [0.2, 0.25) is 0 Å². The number of nitrogens with one attached hydrogen (secondary N) is 2. The lowest BCUT2D eigenvalue weighted by Crippen LogP contribution is -2.47. The van der Waals surface area contributed by atoms with Gasteiger partial charge in [-0.1, -0.05) is 25.7 Å². The number of aliphatic hydroxyl groups is 1. The molecule has 0 aromatic carbocycles. The molecule has 1 aromatic heterocycles. The molecule has 0 bridgehead atoms. The van der Waals surface area contributed by atoms with Crippen molar-refractivity contribution in [3.8, 4) is 0 Å². The van der Waals surface area contributed by atoms with Gasteiger partial charge in [0.1, 0.15) is 17.6 Å². The van der Waals surface area contributed by atoms with Crippen molar-refractivity contribution in [2.45, 2.75) is 57.1 Å². The molecule has 0 saturated heterocycles. The minimum atomic E-state index is -0.786. The van der Waals surface area contributed by atoms with Crippen molar-refractivity contribution < 1.29 is 19.1 Å². The average Bonchev–Trinajstić information content (AvgIpc) is 2.83. The molecule has 1 aliphatic carbocycles. The van der Waals surface area contributed by atoms with Gasteiger partial charge >= 0.3 is 6.03 Å². The first-order chi connectivity index (χ1) is 11.0. The Labute approximate surface area is 137 Å². The highest BCUT2D eigenvalue weighted by Gasteiger charge is 2.28. The molecule has 1 aliphatic rings. The van der Waals surface area contributed by atoms with Gasteiger partial charge in [-0.05, 0) is 31.9 Å². The highest BCUT2D eigenvalue weighted by Crippen LogP contribution is 2.26. The summed E-state index contributed by atoms with van der Waals surface area (Å²) in [6.45, 7) is 2.45. The number of furan rings is 1. The summed E-state index contributed by atoms with van der Waals surface area (Å²) >= 11 is 0. The predicted octanol–water partition coefficient (Wildman–Crippen LogP) is 2.66. The van der Waals surface area contributed by atoms with Gasteiger partial charge in [-0.25, -0.2) is 4.79 Å². The fourth-order valence-electron chi connectivity index (χ4n) is 3.02. The summed E-state index contributed by atoms with van der Waals surface area (Å²) in [5, 5.41) is 16.2. The molecule has 23 heavy (non-hydrogen) atoms. The lowest BCUT2D eigenvalue weighted by Gasteiger charge is -2.27. The zero-order chi connectivity index (χ0) is 16.7. The number of aryl methyl sites for hydroxylation is 1. The van der Waals surface area contributed by atoms with Crippen LogP contribution in [-0.2, 0) is 4.74 Å². The molecule has 1 saturated carbocycles. The number of methoxy groups -OCH3 is 1. The second-order valence-corrected chi connectivity index (χ2v) is 6.42. The van der Waals surface area contributed by atoms with Gasteiger partial charge < -0.3 is 24.9 Å². The maximum atomic E-state index is 12.1. The van der Waals surface area contributed by atoms with E-state index in [1.54, 1.807) is 7.11 Å². The predicted molar refractivity (Wildman–Crippen MR) is 87.2 cm³/mol. The Morgan fingerprint density at radius 2 is 2.04 bits per heavy atom. The van der Waals surface area contributed by atoms with E-state index < -0.39 is 5.60 Å². The van der Waals surface area contributed by atoms with E-state index in [2.05, 4.69) is 10.6 Å². The van der Waals surface area contributed by atoms with E-state index in [0.29, 0.717) is 12.4 Å². The normalized spacial score (nSPS) is 18.9. The van der Waals surface area contributed by atoms with Gasteiger partial charge in [0.15, 0.2) is 0 Å². The molecule has 6 heteroatoms. The molecule has 1 atom stereocenters. The second-order valence-electron chi connectivity index (χ2n) is 6.42. The van der Waals surface area contributed by atoms with E-state index in [9.17, 15) is 9.90 Å². The van der Waals surface area contributed by atoms with Crippen LogP contribution in [0.5, 0.6) is 0 Å². The smallest absolute Gasteiger partial charge is 0.315 e. The first-order valence-electron chi connectivity index (χ1n) is 8.34. The van der Waals surface area contributed by atoms with Crippen molar-refractivity contribution >= 4 is 6.03 Å². The number of urea groups is 1. The summed E-state index contributed by atoms with van der Waals surface area (Å²) in [5.41, 5.74) is -0.786. The van der Waals surface area contributed by atoms with Crippen molar-refractivity contribution in [2.24, 2.45) is 0 Å². The number of ether oxygens (including phenoxy) is 1. The molecule has 6 nitrogen and oxygen atoms in total. The van der Waals surface area contributed by atoms with Crippen molar-refractivity contribution in [3.63, 3.8) is 0 Å². The summed E-state index contributed by atoms with van der Waals surface area (Å²) in [7, 11) is 1.58. The molecule has 2 amide bonds. The van der Waals surface area contributed by atoms with Crippen molar-refractivity contribution in [3.05, 3.63) is 23.7 Å². The molecule has 0 spiro atoms. The van der Waals surface area contributed by atoms with Crippen LogP contribution in [0, 0.1) is 6.92 Å². The molecule has 0 radical (unpaired) electrons. The molecule has 0 aliphatic heterocycles. The Morgan fingerprint density at radius 1 is 1.35 bits per heavy atom. The van der Waals surface area contributed by atoms with Crippen LogP contribution in [0.3, 0.4) is 0 Å². The molecule has 1 unspecified atom stereocenters. The Bertz CT molecular complexity index is 493. The van der Waals surface area contributed by atoms with Crippen molar-refractivity contribution in [2.75, 3.05) is 20.3 Å². The first-order valence-corrected chi connectivity index (χ1v) is 8.34. The van der Waals surface area contributed by atoms with Crippen LogP contribution in [0.15, 0.2) is 16.5 Å². The van der Waals surface area contributed by atoms with E-state index in [1.807, 2.05) is 19.1 Å². The molecular formula is C17H28N2O4. The first kappa shape index (κ1) is 17.8. The summed E-state index contributed by atoms with van der Waals surface area (Å²) in [4.78, 5) is 12.1. The average molecular weight is 324 g/mol. The SMILES string of the molecule is COCC(NC(=O)NCC1(O)CCCCCC1)c1ccc(C)o1. The molecule has 1 heterocycles. The van der Waals surface area contributed by atoms with Crippen LogP contribution < -0.4 is 10.6 Å². The second kappa shape index (κ2) is 8.36. The maximum absolute atomic E-state index is 12.1. The van der Waals surface area contributed by atoms with Crippen LogP contribution in [0.4, 0.5) is 4.79 Å². The summed E-state index contributed by atoms with van der Waals surface area (Å²) in [6.07, 6.45) is 5.82. The van der Waals surface area contributed by atoms with E-state index in [1.165, 1.54) is 0 Å². The van der Waals surface area contributed by atoms with Gasteiger partial charge in [0.05, 0.1) is 12.2 Å². The summed E-state index contributed by atoms with van der Waals surface area (Å²) in [6, 6.07) is 3.01. The summed E-state index contributed by atoms with van der Waals surface area (Å²) in [5.74, 6) is 1.45. The number of carbonyl (C=O) groups is 1. The fourth-order valence-corrected chi connectivity index (χ4v) is 3.02. The zero-order valence-electron chi connectivity index (χ0n) is 14.1. The lowest BCUT2D eigenvalue weighted by molar-refractivity contribution is 0.0274. The molecule has 2 rings (SSSR count). The van der Waals surface area contributed by atoms with Crippen LogP contribution in [0.1, 0.15) is 56.1 Å². The third-order valence-corrected chi connectivity index (χ3v) is 4.36. The molecule has 1 fully saturated rings. The Hall–Kier alpha value is -1.53. The highest BCUT2D eigenvalue weighted by molar-refractivity contribution is 5.74. The van der Waals surface area contributed by atoms with E-state index in [4.69, 9.17) is 9.15 Å². The number of carbonyl (C=O) groups excluding carboxylic acids is 1. The van der Waals surface area contributed by atoms with Gasteiger partial charge in [-0.15, -0.1) is 0 Å². The Kier molecular flexibility index (Phi) is 6.47. The van der Waals surface area contributed by atoms with E-state index in [-0.39, 0.29) is 18.6 Å². The van der Waals surface area contributed by atoms with Crippen LogP contribution in [0.25, 0.3) is 0 Å². The van der Waals surface area contributed by atoms with E-state index >= 15 is 0 Å². The van der Waals surface area contributed by atoms with Gasteiger partial charge in [-0.3, -0.25) is 0 Å². The van der Waals surface area contributed by atoms with Crippen LogP contribution >= 0.6 is 0 Å². The quantitative estimate of drug-likeness (QED) is 0.703. The van der Waals surface area contributed by atoms with Crippen molar-refractivity contribution in [1.29, 1.82) is 0 Å². The topological polar surface area (TPSA) is 83.7 Å². The minimum absolute atomic E-state index is 0.274. The van der Waals surface area contributed by atoms with Gasteiger partial charge in [0.25, 0.3) is 0 Å². The monoisotopic (exact) mass is 324 g/mol. The third-order valence-electron chi connectivity index (χ3n) is 4.36. The number of amides is 2. The maximum Gasteiger partial charge on any atom is 0.315 e. The number of rotatable bonds is 6. The number of hydrogen-bond donors (Lipinski definition) is 3. The van der Waals surface area contributed by atoms with Crippen molar-refractivity contribution in [1.82, 2.24) is 10.6 Å². The van der Waals surface area contributed by atoms with Crippen LogP contribution in [-0.4, -0.2) is 37.0 Å². The van der Waals surface area contributed by atoms with E-state index in [0.717, 1.165) is 44.3 Å². The highest BCUT2D eigenvalue weighted by atomic mass is 16.5. The molecular weight excluding hydrogens is 296 g/mol. The largest absolute Gasteiger partial charge is 0.464 e. The molecule has 130 valence electrons. The third kappa shape index (κ3) is 5.55. The van der Waals surface area contributed by atoms with Gasteiger partial charge in [-0.2, -0.15) is 0 Å². The fraction of sp³-hybridized carbons (Fsp3) is 0.706. The summed E-state index contributed by atoms with van der Waals surface area (Å²) < 4.78 is 10.7. The minimum Gasteiger partial charge on any atom is -0.464 e. The van der Waals surface area contributed by atoms with Crippen LogP contribution in [0.2, 0.25) is 0 Å². The standard InChI is InChI=1S/C17H28N2O4/c1-13-7-8-15(23-13)14(11-22-2)19-16(20)18-12-17(21)9-5-3-4-6-10-17/h7-8,14,21H,3-6,9-12H2,1-2H3,(H2,18,19,20). The van der Waals surface area contributed by atoms with Gasteiger partial charge in [0, 0.05) is 13.7 Å². The molecule has 3 N–H and O–H groups in total. The number of hydrogen-bond acceptors (Lipinski definition) is 4. The zero-order valence-corrected chi connectivity index (χ0v) is 14.1. The molecule has 1 aromatic rings.